The van der Waals surface area contributed by atoms with Crippen molar-refractivity contribution in [1.82, 2.24) is 19.6 Å². The number of carbonyl (C=O) groups excluding carboxylic acids is 1. The fourth-order valence-electron chi connectivity index (χ4n) is 3.41. The minimum atomic E-state index is -4.71. The van der Waals surface area contributed by atoms with E-state index in [1.54, 1.807) is 0 Å². The molecular formula is C20H15BrF7N5O. The van der Waals surface area contributed by atoms with Crippen LogP contribution in [0.4, 0.5) is 36.4 Å². The second-order valence-corrected chi connectivity index (χ2v) is 8.60. The van der Waals surface area contributed by atoms with Crippen molar-refractivity contribution in [3.63, 3.8) is 0 Å². The highest BCUT2D eigenvalue weighted by molar-refractivity contribution is 9.10. The van der Waals surface area contributed by atoms with Gasteiger partial charge in [0, 0.05) is 23.7 Å². The van der Waals surface area contributed by atoms with Crippen LogP contribution in [0.2, 0.25) is 0 Å². The van der Waals surface area contributed by atoms with Crippen molar-refractivity contribution in [2.24, 2.45) is 0 Å². The molecule has 14 heteroatoms. The van der Waals surface area contributed by atoms with E-state index in [0.717, 1.165) is 15.6 Å². The molecule has 0 saturated heterocycles. The summed E-state index contributed by atoms with van der Waals surface area (Å²) < 4.78 is 96.0. The summed E-state index contributed by atoms with van der Waals surface area (Å²) in [6.45, 7) is 0.768. The molecule has 182 valence electrons. The minimum absolute atomic E-state index is 0.0653. The van der Waals surface area contributed by atoms with Gasteiger partial charge in [-0.3, -0.25) is 14.2 Å². The number of carbonyl (C=O) groups is 1. The summed E-state index contributed by atoms with van der Waals surface area (Å²) in [6.07, 6.45) is -1.08. The molecule has 1 unspecified atom stereocenters. The molecule has 3 aromatic rings. The van der Waals surface area contributed by atoms with E-state index < -0.39 is 59.2 Å². The Bertz CT molecular complexity index is 1270. The number of nitrogens with one attached hydrogen (secondary N) is 1. The Balaban J connectivity index is 1.53. The molecule has 0 bridgehead atoms. The monoisotopic (exact) mass is 553 g/mol. The zero-order chi connectivity index (χ0) is 24.9. The lowest BCUT2D eigenvalue weighted by Crippen LogP contribution is -2.26. The summed E-state index contributed by atoms with van der Waals surface area (Å²) in [4.78, 5) is 12.7. The van der Waals surface area contributed by atoms with E-state index in [-0.39, 0.29) is 27.8 Å². The van der Waals surface area contributed by atoms with Crippen LogP contribution in [-0.2, 0) is 17.5 Å². The highest BCUT2D eigenvalue weighted by Crippen LogP contribution is 2.47. The molecule has 1 atom stereocenters. The number of anilines is 1. The van der Waals surface area contributed by atoms with Gasteiger partial charge >= 0.3 is 6.18 Å². The normalized spacial score (nSPS) is 15.0. The van der Waals surface area contributed by atoms with Gasteiger partial charge in [-0.25, -0.2) is 17.6 Å². The van der Waals surface area contributed by atoms with Crippen LogP contribution in [0.1, 0.15) is 48.7 Å². The lowest BCUT2D eigenvalue weighted by atomic mass is 10.2. The first-order chi connectivity index (χ1) is 15.9. The molecule has 34 heavy (non-hydrogen) atoms. The van der Waals surface area contributed by atoms with Crippen LogP contribution in [0.3, 0.4) is 0 Å². The maximum atomic E-state index is 13.9. The maximum Gasteiger partial charge on any atom is 0.436 e. The molecule has 2 aromatic heterocycles. The van der Waals surface area contributed by atoms with E-state index in [1.165, 1.54) is 13.1 Å². The van der Waals surface area contributed by atoms with Gasteiger partial charge < -0.3 is 5.32 Å². The third-order valence-corrected chi connectivity index (χ3v) is 6.08. The minimum Gasteiger partial charge on any atom is -0.322 e. The Morgan fingerprint density at radius 3 is 2.50 bits per heavy atom. The van der Waals surface area contributed by atoms with Gasteiger partial charge in [0.05, 0.1) is 28.6 Å². The predicted octanol–water partition coefficient (Wildman–Crippen LogP) is 5.54. The van der Waals surface area contributed by atoms with Gasteiger partial charge in [0.15, 0.2) is 23.1 Å². The zero-order valence-electron chi connectivity index (χ0n) is 17.2. The Hall–Kier alpha value is -2.90. The van der Waals surface area contributed by atoms with Crippen molar-refractivity contribution < 1.29 is 35.5 Å². The molecule has 1 aliphatic carbocycles. The van der Waals surface area contributed by atoms with Crippen molar-refractivity contribution in [3.05, 3.63) is 63.2 Å². The van der Waals surface area contributed by atoms with Crippen LogP contribution >= 0.6 is 15.9 Å². The first-order valence-corrected chi connectivity index (χ1v) is 10.7. The third kappa shape index (κ3) is 4.55. The topological polar surface area (TPSA) is 64.7 Å². The molecule has 1 aliphatic rings. The molecule has 1 amide bonds. The lowest BCUT2D eigenvalue weighted by Gasteiger charge is -2.15. The van der Waals surface area contributed by atoms with Crippen LogP contribution in [0.25, 0.3) is 0 Å². The lowest BCUT2D eigenvalue weighted by molar-refractivity contribution is -0.142. The molecule has 2 heterocycles. The first-order valence-electron chi connectivity index (χ1n) is 9.88. The summed E-state index contributed by atoms with van der Waals surface area (Å²) in [5.41, 5.74) is -1.56. The number of rotatable bonds is 6. The smallest absolute Gasteiger partial charge is 0.322 e. The fourth-order valence-corrected chi connectivity index (χ4v) is 4.22. The highest BCUT2D eigenvalue weighted by Gasteiger charge is 2.43. The van der Waals surface area contributed by atoms with Crippen molar-refractivity contribution in [1.29, 1.82) is 0 Å². The van der Waals surface area contributed by atoms with E-state index in [9.17, 15) is 35.5 Å². The van der Waals surface area contributed by atoms with E-state index in [4.69, 9.17) is 0 Å². The van der Waals surface area contributed by atoms with Gasteiger partial charge in [-0.15, -0.1) is 0 Å². The number of hydrogen-bond donors (Lipinski definition) is 1. The van der Waals surface area contributed by atoms with Crippen LogP contribution in [-0.4, -0.2) is 25.5 Å². The van der Waals surface area contributed by atoms with Crippen molar-refractivity contribution in [2.75, 3.05) is 5.32 Å². The number of benzene rings is 1. The second kappa shape index (κ2) is 8.71. The molecule has 1 saturated carbocycles. The van der Waals surface area contributed by atoms with Crippen molar-refractivity contribution in [3.8, 4) is 0 Å². The SMILES string of the molecule is CC(C(=O)Nc1cnn(Cc2c(F)cc(F)c(F)c2F)c1)n1nc(C(F)(F)F)c(Br)c1C1CC1. The van der Waals surface area contributed by atoms with E-state index >= 15 is 0 Å². The van der Waals surface area contributed by atoms with Crippen LogP contribution in [0.15, 0.2) is 22.9 Å². The molecule has 1 N–H and O–H groups in total. The molecule has 0 aliphatic heterocycles. The summed E-state index contributed by atoms with van der Waals surface area (Å²) in [5, 5.41) is 9.87. The summed E-state index contributed by atoms with van der Waals surface area (Å²) >= 11 is 2.96. The average Bonchev–Trinajstić information content (AvgIpc) is 3.39. The van der Waals surface area contributed by atoms with Crippen LogP contribution in [0.5, 0.6) is 0 Å². The number of amides is 1. The highest BCUT2D eigenvalue weighted by atomic mass is 79.9. The third-order valence-electron chi connectivity index (χ3n) is 5.30. The molecule has 1 fully saturated rings. The quantitative estimate of drug-likeness (QED) is 0.247. The van der Waals surface area contributed by atoms with E-state index in [1.807, 2.05) is 0 Å². The van der Waals surface area contributed by atoms with Gasteiger partial charge in [0.1, 0.15) is 11.9 Å². The zero-order valence-corrected chi connectivity index (χ0v) is 18.8. The summed E-state index contributed by atoms with van der Waals surface area (Å²) in [5.74, 6) is -7.40. The number of hydrogen-bond acceptors (Lipinski definition) is 3. The Labute approximate surface area is 195 Å². The van der Waals surface area contributed by atoms with Gasteiger partial charge in [-0.05, 0) is 35.7 Å². The number of halogens is 8. The standard InChI is InChI=1S/C20H15BrF7N5O/c1-8(33-17(9-2-3-9)14(21)18(31-33)20(26,27)28)19(34)30-10-5-29-32(6-10)7-11-12(22)4-13(23)16(25)15(11)24/h4-6,8-9H,2-3,7H2,1H3,(H,30,34). The number of alkyl halides is 3. The van der Waals surface area contributed by atoms with Gasteiger partial charge in [0.25, 0.3) is 0 Å². The van der Waals surface area contributed by atoms with Crippen molar-refractivity contribution in [2.45, 2.75) is 44.4 Å². The largest absolute Gasteiger partial charge is 0.436 e. The van der Waals surface area contributed by atoms with Gasteiger partial charge in [-0.2, -0.15) is 23.4 Å². The van der Waals surface area contributed by atoms with Crippen LogP contribution in [0, 0.1) is 23.3 Å². The fraction of sp³-hybridized carbons (Fsp3) is 0.350. The Morgan fingerprint density at radius 2 is 1.88 bits per heavy atom. The summed E-state index contributed by atoms with van der Waals surface area (Å²) in [7, 11) is 0. The molecule has 0 radical (unpaired) electrons. The number of aromatic nitrogens is 4. The predicted molar refractivity (Wildman–Crippen MR) is 108 cm³/mol. The molecular weight excluding hydrogens is 539 g/mol. The molecule has 4 rings (SSSR count). The van der Waals surface area contributed by atoms with Gasteiger partial charge in [-0.1, -0.05) is 0 Å². The Kier molecular flexibility index (Phi) is 6.21. The summed E-state index contributed by atoms with van der Waals surface area (Å²) in [6, 6.07) is -0.927. The number of nitrogens with zero attached hydrogens (tertiary/aromatic N) is 4. The maximum absolute atomic E-state index is 13.9. The van der Waals surface area contributed by atoms with Crippen molar-refractivity contribution >= 4 is 27.5 Å². The molecule has 1 aromatic carbocycles. The van der Waals surface area contributed by atoms with E-state index in [2.05, 4.69) is 31.4 Å². The van der Waals surface area contributed by atoms with Gasteiger partial charge in [0.2, 0.25) is 5.91 Å². The van der Waals surface area contributed by atoms with Crippen LogP contribution < -0.4 is 5.32 Å². The second-order valence-electron chi connectivity index (χ2n) is 7.80. The first kappa shape index (κ1) is 24.2. The average molecular weight is 554 g/mol. The van der Waals surface area contributed by atoms with E-state index in [0.29, 0.717) is 12.8 Å². The molecule has 0 spiro atoms. The molecule has 6 nitrogen and oxygen atoms in total. The Morgan fingerprint density at radius 1 is 1.21 bits per heavy atom.